The summed E-state index contributed by atoms with van der Waals surface area (Å²) in [6.07, 6.45) is 0.259. The Bertz CT molecular complexity index is 660. The predicted molar refractivity (Wildman–Crippen MR) is 61.2 cm³/mol. The van der Waals surface area contributed by atoms with Crippen LogP contribution in [0.5, 0.6) is 0 Å². The molecule has 3 rings (SSSR count). The number of aromatic carboxylic acids is 1. The number of carboxylic acids is 1. The number of fused-ring (bicyclic) bond motifs is 1. The second kappa shape index (κ2) is 3.69. The number of hydrogen-bond acceptors (Lipinski definition) is 4. The molecule has 0 atom stereocenters. The van der Waals surface area contributed by atoms with Gasteiger partial charge < -0.3 is 14.9 Å². The van der Waals surface area contributed by atoms with Gasteiger partial charge in [0.15, 0.2) is 11.5 Å². The molecule has 0 unspecified atom stereocenters. The van der Waals surface area contributed by atoms with Crippen molar-refractivity contribution in [3.63, 3.8) is 0 Å². The summed E-state index contributed by atoms with van der Waals surface area (Å²) in [6.45, 7) is 0. The van der Waals surface area contributed by atoms with Gasteiger partial charge in [-0.2, -0.15) is 0 Å². The van der Waals surface area contributed by atoms with E-state index in [4.69, 9.17) is 9.63 Å². The van der Waals surface area contributed by atoms with E-state index in [2.05, 4.69) is 10.5 Å². The molecule has 1 amide bonds. The lowest BCUT2D eigenvalue weighted by molar-refractivity contribution is -0.115. The highest BCUT2D eigenvalue weighted by atomic mass is 16.5. The summed E-state index contributed by atoms with van der Waals surface area (Å²) in [5.41, 5.74) is 2.06. The molecule has 0 aliphatic carbocycles. The van der Waals surface area contributed by atoms with E-state index in [0.29, 0.717) is 11.3 Å². The van der Waals surface area contributed by atoms with Crippen molar-refractivity contribution < 1.29 is 19.2 Å². The van der Waals surface area contributed by atoms with Crippen LogP contribution in [0.15, 0.2) is 28.8 Å². The fourth-order valence-electron chi connectivity index (χ4n) is 1.98. The molecule has 2 aromatic rings. The third-order valence-electron chi connectivity index (χ3n) is 2.78. The summed E-state index contributed by atoms with van der Waals surface area (Å²) >= 11 is 0. The summed E-state index contributed by atoms with van der Waals surface area (Å²) in [4.78, 5) is 22.1. The van der Waals surface area contributed by atoms with Crippen LogP contribution in [-0.4, -0.2) is 22.1 Å². The van der Waals surface area contributed by atoms with Crippen LogP contribution in [0, 0.1) is 0 Å². The summed E-state index contributed by atoms with van der Waals surface area (Å²) < 4.78 is 5.00. The summed E-state index contributed by atoms with van der Waals surface area (Å²) in [5, 5.41) is 15.0. The van der Waals surface area contributed by atoms with Gasteiger partial charge in [-0.15, -0.1) is 0 Å². The highest BCUT2D eigenvalue weighted by molar-refractivity contribution is 6.01. The number of aromatic nitrogens is 1. The van der Waals surface area contributed by atoms with Crippen molar-refractivity contribution in [3.8, 4) is 11.3 Å². The molecular weight excluding hydrogens is 236 g/mol. The predicted octanol–water partition coefficient (Wildman–Crippen LogP) is 1.53. The molecule has 2 heterocycles. The van der Waals surface area contributed by atoms with E-state index in [-0.39, 0.29) is 18.0 Å². The van der Waals surface area contributed by atoms with E-state index in [1.807, 2.05) is 0 Å². The number of hydrogen-bond donors (Lipinski definition) is 2. The lowest BCUT2D eigenvalue weighted by atomic mass is 10.0. The van der Waals surface area contributed by atoms with Gasteiger partial charge in [-0.25, -0.2) is 4.79 Å². The van der Waals surface area contributed by atoms with Crippen LogP contribution >= 0.6 is 0 Å². The van der Waals surface area contributed by atoms with E-state index in [9.17, 15) is 9.59 Å². The molecule has 6 nitrogen and oxygen atoms in total. The molecule has 1 aromatic heterocycles. The molecule has 1 aromatic carbocycles. The highest BCUT2D eigenvalue weighted by Crippen LogP contribution is 2.33. The number of amides is 1. The van der Waals surface area contributed by atoms with E-state index in [1.54, 1.807) is 18.2 Å². The Morgan fingerprint density at radius 3 is 3.00 bits per heavy atom. The lowest BCUT2D eigenvalue weighted by Gasteiger charge is -2.02. The van der Waals surface area contributed by atoms with E-state index in [0.717, 1.165) is 11.3 Å². The largest absolute Gasteiger partial charge is 0.476 e. The van der Waals surface area contributed by atoms with Crippen molar-refractivity contribution in [1.82, 2.24) is 5.16 Å². The molecule has 2 N–H and O–H groups in total. The number of benzene rings is 1. The van der Waals surface area contributed by atoms with E-state index < -0.39 is 5.97 Å². The third kappa shape index (κ3) is 1.55. The number of anilines is 1. The van der Waals surface area contributed by atoms with Crippen molar-refractivity contribution in [2.45, 2.75) is 6.42 Å². The first-order valence-corrected chi connectivity index (χ1v) is 5.27. The maximum absolute atomic E-state index is 11.3. The molecule has 1 aliphatic rings. The number of carbonyl (C=O) groups excluding carboxylic acids is 1. The zero-order valence-corrected chi connectivity index (χ0v) is 9.14. The van der Waals surface area contributed by atoms with Crippen molar-refractivity contribution in [1.29, 1.82) is 0 Å². The average molecular weight is 244 g/mol. The molecule has 0 radical (unpaired) electrons. The van der Waals surface area contributed by atoms with Crippen LogP contribution in [0.4, 0.5) is 5.69 Å². The number of nitrogens with one attached hydrogen (secondary N) is 1. The van der Waals surface area contributed by atoms with Gasteiger partial charge in [0, 0.05) is 17.3 Å². The average Bonchev–Trinajstić information content (AvgIpc) is 2.92. The van der Waals surface area contributed by atoms with Gasteiger partial charge in [-0.1, -0.05) is 17.3 Å². The van der Waals surface area contributed by atoms with E-state index in [1.165, 1.54) is 6.07 Å². The first-order valence-electron chi connectivity index (χ1n) is 5.27. The van der Waals surface area contributed by atoms with Gasteiger partial charge in [-0.05, 0) is 11.6 Å². The normalized spacial score (nSPS) is 13.2. The Morgan fingerprint density at radius 2 is 2.28 bits per heavy atom. The quantitative estimate of drug-likeness (QED) is 0.835. The van der Waals surface area contributed by atoms with Gasteiger partial charge >= 0.3 is 5.97 Å². The fraction of sp³-hybridized carbons (Fsp3) is 0.0833. The second-order valence-corrected chi connectivity index (χ2v) is 3.94. The van der Waals surface area contributed by atoms with Crippen LogP contribution in [0.3, 0.4) is 0 Å². The number of nitrogens with zero attached hydrogens (tertiary/aromatic N) is 1. The monoisotopic (exact) mass is 244 g/mol. The molecule has 0 saturated heterocycles. The highest BCUT2D eigenvalue weighted by Gasteiger charge is 2.23. The lowest BCUT2D eigenvalue weighted by Crippen LogP contribution is -2.03. The van der Waals surface area contributed by atoms with Gasteiger partial charge in [0.05, 0.1) is 6.42 Å². The smallest absolute Gasteiger partial charge is 0.358 e. The Kier molecular flexibility index (Phi) is 2.16. The van der Waals surface area contributed by atoms with E-state index >= 15 is 0 Å². The molecule has 0 fully saturated rings. The minimum absolute atomic E-state index is 0.0876. The second-order valence-electron chi connectivity index (χ2n) is 3.94. The van der Waals surface area contributed by atoms with Crippen LogP contribution in [0.2, 0.25) is 0 Å². The maximum Gasteiger partial charge on any atom is 0.358 e. The number of carboxylic acid groups (broad SMARTS) is 1. The van der Waals surface area contributed by atoms with Crippen LogP contribution in [0.1, 0.15) is 16.1 Å². The third-order valence-corrected chi connectivity index (χ3v) is 2.78. The summed E-state index contributed by atoms with van der Waals surface area (Å²) in [6, 6.07) is 6.67. The van der Waals surface area contributed by atoms with Crippen molar-refractivity contribution in [2.24, 2.45) is 0 Å². The fourth-order valence-corrected chi connectivity index (χ4v) is 1.98. The Labute approximate surface area is 101 Å². The van der Waals surface area contributed by atoms with Gasteiger partial charge in [0.25, 0.3) is 0 Å². The molecule has 0 bridgehead atoms. The van der Waals surface area contributed by atoms with Crippen LogP contribution in [-0.2, 0) is 11.2 Å². The van der Waals surface area contributed by atoms with Crippen molar-refractivity contribution in [2.75, 3.05) is 5.32 Å². The SMILES string of the molecule is O=C1Cc2c(cccc2-c2cc(C(=O)O)no2)N1. The minimum atomic E-state index is -1.15. The number of rotatable bonds is 2. The Hall–Kier alpha value is -2.63. The zero-order chi connectivity index (χ0) is 12.7. The molecule has 0 saturated carbocycles. The Balaban J connectivity index is 2.10. The Morgan fingerprint density at radius 1 is 1.44 bits per heavy atom. The summed E-state index contributed by atoms with van der Waals surface area (Å²) in [7, 11) is 0. The zero-order valence-electron chi connectivity index (χ0n) is 9.14. The first-order chi connectivity index (χ1) is 8.65. The molecule has 90 valence electrons. The first kappa shape index (κ1) is 10.5. The van der Waals surface area contributed by atoms with Crippen molar-refractivity contribution >= 4 is 17.6 Å². The van der Waals surface area contributed by atoms with Crippen LogP contribution in [0.25, 0.3) is 11.3 Å². The summed E-state index contributed by atoms with van der Waals surface area (Å²) in [5.74, 6) is -0.886. The minimum Gasteiger partial charge on any atom is -0.476 e. The number of carbonyl (C=O) groups is 2. The molecule has 18 heavy (non-hydrogen) atoms. The van der Waals surface area contributed by atoms with Gasteiger partial charge in [0.1, 0.15) is 0 Å². The maximum atomic E-state index is 11.3. The van der Waals surface area contributed by atoms with Crippen LogP contribution < -0.4 is 5.32 Å². The van der Waals surface area contributed by atoms with Gasteiger partial charge in [-0.3, -0.25) is 4.79 Å². The van der Waals surface area contributed by atoms with Gasteiger partial charge in [0.2, 0.25) is 5.91 Å². The standard InChI is InChI=1S/C12H8N2O4/c15-11-4-7-6(2-1-3-8(7)13-11)10-5-9(12(16)17)14-18-10/h1-3,5H,4H2,(H,13,15)(H,16,17). The molecule has 1 aliphatic heterocycles. The topological polar surface area (TPSA) is 92.4 Å². The van der Waals surface area contributed by atoms with Crippen molar-refractivity contribution in [3.05, 3.63) is 35.5 Å². The molecule has 0 spiro atoms. The molecular formula is C12H8N2O4. The molecule has 6 heteroatoms.